The van der Waals surface area contributed by atoms with Crippen molar-refractivity contribution in [2.24, 2.45) is 5.92 Å². The molecular weight excluding hydrogens is 230 g/mol. The van der Waals surface area contributed by atoms with Crippen molar-refractivity contribution in [1.29, 1.82) is 0 Å². The predicted molar refractivity (Wildman–Crippen MR) is 59.5 cm³/mol. The zero-order valence-electron chi connectivity index (χ0n) is 8.47. The number of alkyl halides is 1. The van der Waals surface area contributed by atoms with Gasteiger partial charge in [-0.2, -0.15) is 0 Å². The number of likely N-dealkylation sites (tertiary alicyclic amines) is 1. The van der Waals surface area contributed by atoms with Gasteiger partial charge in [0.25, 0.3) is 0 Å². The normalized spacial score (nSPS) is 20.8. The molecule has 1 fully saturated rings. The molecular formula is C10H20BrNO. The zero-order valence-corrected chi connectivity index (χ0v) is 10.1. The Hall–Kier alpha value is 0.400. The van der Waals surface area contributed by atoms with Crippen LogP contribution in [0.1, 0.15) is 19.3 Å². The lowest BCUT2D eigenvalue weighted by Crippen LogP contribution is -2.35. The smallest absolute Gasteiger partial charge is 0.0474 e. The summed E-state index contributed by atoms with van der Waals surface area (Å²) in [6.07, 6.45) is 3.89. The highest BCUT2D eigenvalue weighted by molar-refractivity contribution is 9.09. The molecule has 0 N–H and O–H groups in total. The summed E-state index contributed by atoms with van der Waals surface area (Å²) in [5.41, 5.74) is 0. The van der Waals surface area contributed by atoms with Crippen LogP contribution < -0.4 is 0 Å². The van der Waals surface area contributed by atoms with E-state index in [1.165, 1.54) is 44.2 Å². The van der Waals surface area contributed by atoms with E-state index in [-0.39, 0.29) is 0 Å². The van der Waals surface area contributed by atoms with Gasteiger partial charge in [-0.3, -0.25) is 0 Å². The van der Waals surface area contributed by atoms with Crippen LogP contribution in [0.4, 0.5) is 0 Å². The van der Waals surface area contributed by atoms with Gasteiger partial charge in [0.05, 0.1) is 0 Å². The Kier molecular flexibility index (Phi) is 6.00. The molecule has 1 aliphatic rings. The highest BCUT2D eigenvalue weighted by Gasteiger charge is 2.17. The summed E-state index contributed by atoms with van der Waals surface area (Å²) in [4.78, 5) is 2.55. The predicted octanol–water partition coefficient (Wildman–Crippen LogP) is 2.13. The first-order chi connectivity index (χ1) is 6.36. The molecule has 0 bridgehead atoms. The lowest BCUT2D eigenvalue weighted by atomic mass is 9.99. The van der Waals surface area contributed by atoms with Gasteiger partial charge < -0.3 is 9.64 Å². The van der Waals surface area contributed by atoms with E-state index in [1.807, 2.05) is 0 Å². The van der Waals surface area contributed by atoms with E-state index in [9.17, 15) is 0 Å². The molecule has 0 amide bonds. The van der Waals surface area contributed by atoms with Crippen LogP contribution in [0.25, 0.3) is 0 Å². The fraction of sp³-hybridized carbons (Fsp3) is 1.00. The fourth-order valence-electron chi connectivity index (χ4n) is 1.80. The standard InChI is InChI=1S/C10H20BrNO/c1-13-8-2-5-12-6-3-10(9-11)4-7-12/h10H,2-9H2,1H3. The monoisotopic (exact) mass is 249 g/mol. The van der Waals surface area contributed by atoms with Crippen molar-refractivity contribution in [3.05, 3.63) is 0 Å². The van der Waals surface area contributed by atoms with Gasteiger partial charge >= 0.3 is 0 Å². The molecule has 2 nitrogen and oxygen atoms in total. The first-order valence-electron chi connectivity index (χ1n) is 5.14. The summed E-state index contributed by atoms with van der Waals surface area (Å²) in [6, 6.07) is 0. The van der Waals surface area contributed by atoms with Crippen LogP contribution in [0.15, 0.2) is 0 Å². The zero-order chi connectivity index (χ0) is 9.52. The van der Waals surface area contributed by atoms with Crippen molar-refractivity contribution in [1.82, 2.24) is 4.90 Å². The molecule has 0 radical (unpaired) electrons. The molecule has 13 heavy (non-hydrogen) atoms. The second kappa shape index (κ2) is 6.80. The number of hydrogen-bond acceptors (Lipinski definition) is 2. The van der Waals surface area contributed by atoms with Crippen LogP contribution in [0.5, 0.6) is 0 Å². The summed E-state index contributed by atoms with van der Waals surface area (Å²) in [7, 11) is 1.77. The summed E-state index contributed by atoms with van der Waals surface area (Å²) in [5.74, 6) is 0.915. The summed E-state index contributed by atoms with van der Waals surface area (Å²) < 4.78 is 5.04. The van der Waals surface area contributed by atoms with Crippen molar-refractivity contribution in [2.45, 2.75) is 19.3 Å². The molecule has 0 aromatic rings. The molecule has 0 aromatic carbocycles. The van der Waals surface area contributed by atoms with Crippen LogP contribution in [0, 0.1) is 5.92 Å². The third-order valence-corrected chi connectivity index (χ3v) is 3.66. The number of piperidine rings is 1. The maximum Gasteiger partial charge on any atom is 0.0474 e. The van der Waals surface area contributed by atoms with Gasteiger partial charge in [0.2, 0.25) is 0 Å². The summed E-state index contributed by atoms with van der Waals surface area (Å²) in [5, 5.41) is 1.18. The van der Waals surface area contributed by atoms with Crippen LogP contribution in [-0.2, 0) is 4.74 Å². The Labute approximate surface area is 89.8 Å². The Morgan fingerprint density at radius 2 is 2.08 bits per heavy atom. The first-order valence-corrected chi connectivity index (χ1v) is 6.26. The molecule has 0 aromatic heterocycles. The minimum Gasteiger partial charge on any atom is -0.385 e. The molecule has 0 aliphatic carbocycles. The minimum absolute atomic E-state index is 0.901. The van der Waals surface area contributed by atoms with E-state index < -0.39 is 0 Å². The average Bonchev–Trinajstić information content (AvgIpc) is 2.19. The lowest BCUT2D eigenvalue weighted by Gasteiger charge is -2.30. The van der Waals surface area contributed by atoms with Crippen molar-refractivity contribution in [3.8, 4) is 0 Å². The molecule has 1 heterocycles. The molecule has 78 valence electrons. The fourth-order valence-corrected chi connectivity index (χ4v) is 2.44. The Morgan fingerprint density at radius 1 is 1.38 bits per heavy atom. The molecule has 1 saturated heterocycles. The maximum absolute atomic E-state index is 5.04. The molecule has 0 spiro atoms. The quantitative estimate of drug-likeness (QED) is 0.547. The van der Waals surface area contributed by atoms with E-state index in [1.54, 1.807) is 7.11 Å². The van der Waals surface area contributed by atoms with Crippen LogP contribution in [-0.4, -0.2) is 43.6 Å². The second-order valence-electron chi connectivity index (χ2n) is 3.79. The van der Waals surface area contributed by atoms with Gasteiger partial charge in [0.1, 0.15) is 0 Å². The summed E-state index contributed by atoms with van der Waals surface area (Å²) in [6.45, 7) is 4.67. The summed E-state index contributed by atoms with van der Waals surface area (Å²) >= 11 is 3.56. The molecule has 0 atom stereocenters. The average molecular weight is 250 g/mol. The van der Waals surface area contributed by atoms with E-state index in [0.29, 0.717) is 0 Å². The highest BCUT2D eigenvalue weighted by Crippen LogP contribution is 2.18. The molecule has 0 unspecified atom stereocenters. The van der Waals surface area contributed by atoms with E-state index >= 15 is 0 Å². The van der Waals surface area contributed by atoms with Gasteiger partial charge in [-0.05, 0) is 38.3 Å². The SMILES string of the molecule is COCCCN1CCC(CBr)CC1. The third kappa shape index (κ3) is 4.43. The van der Waals surface area contributed by atoms with E-state index in [2.05, 4.69) is 20.8 Å². The van der Waals surface area contributed by atoms with Gasteiger partial charge in [0, 0.05) is 25.6 Å². The van der Waals surface area contributed by atoms with Crippen molar-refractivity contribution in [2.75, 3.05) is 38.7 Å². The third-order valence-electron chi connectivity index (χ3n) is 2.75. The topological polar surface area (TPSA) is 12.5 Å². The number of ether oxygens (including phenoxy) is 1. The molecule has 0 saturated carbocycles. The van der Waals surface area contributed by atoms with Crippen LogP contribution >= 0.6 is 15.9 Å². The second-order valence-corrected chi connectivity index (χ2v) is 4.43. The van der Waals surface area contributed by atoms with Gasteiger partial charge in [0.15, 0.2) is 0 Å². The van der Waals surface area contributed by atoms with Crippen LogP contribution in [0.2, 0.25) is 0 Å². The number of halogens is 1. The Balaban J connectivity index is 2.03. The highest BCUT2D eigenvalue weighted by atomic mass is 79.9. The van der Waals surface area contributed by atoms with Crippen molar-refractivity contribution in [3.63, 3.8) is 0 Å². The lowest BCUT2D eigenvalue weighted by molar-refractivity contribution is 0.151. The largest absolute Gasteiger partial charge is 0.385 e. The molecule has 1 rings (SSSR count). The maximum atomic E-state index is 5.04. The first kappa shape index (κ1) is 11.5. The number of nitrogens with zero attached hydrogens (tertiary/aromatic N) is 1. The van der Waals surface area contributed by atoms with E-state index in [0.717, 1.165) is 12.5 Å². The van der Waals surface area contributed by atoms with Crippen molar-refractivity contribution < 1.29 is 4.74 Å². The van der Waals surface area contributed by atoms with Gasteiger partial charge in [-0.15, -0.1) is 0 Å². The number of hydrogen-bond donors (Lipinski definition) is 0. The minimum atomic E-state index is 0.901. The number of rotatable bonds is 5. The van der Waals surface area contributed by atoms with Crippen LogP contribution in [0.3, 0.4) is 0 Å². The Bertz CT molecular complexity index is 121. The number of methoxy groups -OCH3 is 1. The molecule has 3 heteroatoms. The molecule has 1 aliphatic heterocycles. The van der Waals surface area contributed by atoms with Gasteiger partial charge in [-0.25, -0.2) is 0 Å². The van der Waals surface area contributed by atoms with Gasteiger partial charge in [-0.1, -0.05) is 15.9 Å². The Morgan fingerprint density at radius 3 is 2.62 bits per heavy atom. The van der Waals surface area contributed by atoms with Crippen molar-refractivity contribution >= 4 is 15.9 Å². The van der Waals surface area contributed by atoms with E-state index in [4.69, 9.17) is 4.74 Å².